The van der Waals surface area contributed by atoms with Crippen LogP contribution in [-0.2, 0) is 5.60 Å². The highest BCUT2D eigenvalue weighted by atomic mass is 16.3. The number of aliphatic hydroxyl groups is 1. The van der Waals surface area contributed by atoms with Crippen molar-refractivity contribution in [2.24, 2.45) is 5.73 Å². The van der Waals surface area contributed by atoms with Gasteiger partial charge >= 0.3 is 0 Å². The van der Waals surface area contributed by atoms with Gasteiger partial charge in [0.15, 0.2) is 0 Å². The van der Waals surface area contributed by atoms with E-state index in [4.69, 9.17) is 5.73 Å². The summed E-state index contributed by atoms with van der Waals surface area (Å²) in [5.74, 6) is 0. The largest absolute Gasteiger partial charge is 0.384 e. The second-order valence-electron chi connectivity index (χ2n) is 3.80. The van der Waals surface area contributed by atoms with Crippen LogP contribution < -0.4 is 5.73 Å². The van der Waals surface area contributed by atoms with Gasteiger partial charge in [-0.1, -0.05) is 23.8 Å². The van der Waals surface area contributed by atoms with Crippen LogP contribution in [0.4, 0.5) is 0 Å². The quantitative estimate of drug-likeness (QED) is 0.722. The number of hydrogen-bond donors (Lipinski definition) is 2. The molecule has 0 saturated carbocycles. The zero-order valence-corrected chi connectivity index (χ0v) is 8.46. The second kappa shape index (κ2) is 3.48. The molecule has 0 aromatic heterocycles. The van der Waals surface area contributed by atoms with Crippen molar-refractivity contribution in [3.05, 3.63) is 34.9 Å². The van der Waals surface area contributed by atoms with Gasteiger partial charge in [0, 0.05) is 6.54 Å². The minimum absolute atomic E-state index is 0.247. The van der Waals surface area contributed by atoms with Gasteiger partial charge in [0.05, 0.1) is 5.60 Å². The molecule has 2 nitrogen and oxygen atoms in total. The van der Waals surface area contributed by atoms with E-state index in [2.05, 4.69) is 6.07 Å². The number of rotatable bonds is 2. The Bertz CT molecular complexity index is 305. The highest BCUT2D eigenvalue weighted by Gasteiger charge is 2.22. The minimum Gasteiger partial charge on any atom is -0.384 e. The van der Waals surface area contributed by atoms with Gasteiger partial charge in [-0.15, -0.1) is 0 Å². The second-order valence-corrected chi connectivity index (χ2v) is 3.80. The Labute approximate surface area is 79.4 Å². The fraction of sp³-hybridized carbons (Fsp3) is 0.455. The number of aryl methyl sites for hydroxylation is 2. The predicted molar refractivity (Wildman–Crippen MR) is 54.5 cm³/mol. The van der Waals surface area contributed by atoms with Crippen LogP contribution in [0.1, 0.15) is 23.6 Å². The van der Waals surface area contributed by atoms with Crippen LogP contribution in [0.15, 0.2) is 18.2 Å². The third kappa shape index (κ3) is 2.08. The fourth-order valence-electron chi connectivity index (χ4n) is 1.53. The molecule has 3 N–H and O–H groups in total. The SMILES string of the molecule is Cc1ccc([C@@](C)(O)CN)c(C)c1. The smallest absolute Gasteiger partial charge is 0.0992 e. The molecule has 0 aliphatic heterocycles. The van der Waals surface area contributed by atoms with E-state index in [1.54, 1.807) is 6.92 Å². The molecule has 0 radical (unpaired) electrons. The van der Waals surface area contributed by atoms with Crippen molar-refractivity contribution < 1.29 is 5.11 Å². The van der Waals surface area contributed by atoms with Gasteiger partial charge in [0.1, 0.15) is 0 Å². The number of benzene rings is 1. The Balaban J connectivity index is 3.16. The predicted octanol–water partition coefficient (Wildman–Crippen LogP) is 1.47. The van der Waals surface area contributed by atoms with Crippen molar-refractivity contribution >= 4 is 0 Å². The highest BCUT2D eigenvalue weighted by Crippen LogP contribution is 2.23. The van der Waals surface area contributed by atoms with E-state index in [1.807, 2.05) is 26.0 Å². The Morgan fingerprint density at radius 2 is 2.00 bits per heavy atom. The van der Waals surface area contributed by atoms with Crippen molar-refractivity contribution in [2.75, 3.05) is 6.54 Å². The molecule has 0 heterocycles. The first-order valence-corrected chi connectivity index (χ1v) is 4.47. The first-order valence-electron chi connectivity index (χ1n) is 4.47. The molecule has 1 aromatic rings. The molecule has 1 atom stereocenters. The van der Waals surface area contributed by atoms with E-state index in [0.29, 0.717) is 0 Å². The summed E-state index contributed by atoms with van der Waals surface area (Å²) in [5, 5.41) is 9.94. The van der Waals surface area contributed by atoms with Gasteiger partial charge in [-0.3, -0.25) is 0 Å². The maximum Gasteiger partial charge on any atom is 0.0992 e. The lowest BCUT2D eigenvalue weighted by atomic mass is 9.91. The third-order valence-electron chi connectivity index (χ3n) is 2.36. The average molecular weight is 179 g/mol. The normalized spacial score (nSPS) is 15.5. The molecule has 0 amide bonds. The van der Waals surface area contributed by atoms with E-state index in [-0.39, 0.29) is 6.54 Å². The maximum absolute atomic E-state index is 9.94. The lowest BCUT2D eigenvalue weighted by Crippen LogP contribution is -2.32. The molecule has 0 unspecified atom stereocenters. The van der Waals surface area contributed by atoms with E-state index < -0.39 is 5.60 Å². The molecule has 13 heavy (non-hydrogen) atoms. The fourth-order valence-corrected chi connectivity index (χ4v) is 1.53. The van der Waals surface area contributed by atoms with E-state index >= 15 is 0 Å². The lowest BCUT2D eigenvalue weighted by molar-refractivity contribution is 0.0662. The topological polar surface area (TPSA) is 46.2 Å². The zero-order valence-electron chi connectivity index (χ0n) is 8.46. The summed E-state index contributed by atoms with van der Waals surface area (Å²) in [5.41, 5.74) is 7.80. The van der Waals surface area contributed by atoms with Crippen molar-refractivity contribution in [1.82, 2.24) is 0 Å². The first kappa shape index (κ1) is 10.2. The standard InChI is InChI=1S/C11H17NO/c1-8-4-5-10(9(2)6-8)11(3,13)7-12/h4-6,13H,7,12H2,1-3H3/t11-/m0/s1. The van der Waals surface area contributed by atoms with E-state index in [9.17, 15) is 5.11 Å². The summed E-state index contributed by atoms with van der Waals surface area (Å²) in [6.07, 6.45) is 0. The summed E-state index contributed by atoms with van der Waals surface area (Å²) < 4.78 is 0. The molecule has 72 valence electrons. The number of hydrogen-bond acceptors (Lipinski definition) is 2. The minimum atomic E-state index is -0.905. The summed E-state index contributed by atoms with van der Waals surface area (Å²) >= 11 is 0. The average Bonchev–Trinajstić information content (AvgIpc) is 2.03. The van der Waals surface area contributed by atoms with Gasteiger partial charge in [-0.2, -0.15) is 0 Å². The van der Waals surface area contributed by atoms with Gasteiger partial charge in [0.25, 0.3) is 0 Å². The molecule has 0 saturated heterocycles. The molecular weight excluding hydrogens is 162 g/mol. The molecule has 0 fully saturated rings. The van der Waals surface area contributed by atoms with Crippen LogP contribution in [0.5, 0.6) is 0 Å². The Morgan fingerprint density at radius 3 is 2.46 bits per heavy atom. The van der Waals surface area contributed by atoms with Crippen LogP contribution in [0.2, 0.25) is 0 Å². The first-order chi connectivity index (χ1) is 5.97. The monoisotopic (exact) mass is 179 g/mol. The van der Waals surface area contributed by atoms with Crippen LogP contribution in [-0.4, -0.2) is 11.7 Å². The van der Waals surface area contributed by atoms with E-state index in [0.717, 1.165) is 11.1 Å². The van der Waals surface area contributed by atoms with Crippen LogP contribution >= 0.6 is 0 Å². The van der Waals surface area contributed by atoms with Crippen LogP contribution in [0, 0.1) is 13.8 Å². The van der Waals surface area contributed by atoms with Crippen molar-refractivity contribution in [3.8, 4) is 0 Å². The van der Waals surface area contributed by atoms with Gasteiger partial charge in [-0.05, 0) is 31.9 Å². The summed E-state index contributed by atoms with van der Waals surface area (Å²) in [6, 6.07) is 5.99. The molecular formula is C11H17NO. The molecule has 2 heteroatoms. The highest BCUT2D eigenvalue weighted by molar-refractivity contribution is 5.34. The van der Waals surface area contributed by atoms with Gasteiger partial charge in [-0.25, -0.2) is 0 Å². The molecule has 0 bridgehead atoms. The summed E-state index contributed by atoms with van der Waals surface area (Å²) in [7, 11) is 0. The molecule has 0 spiro atoms. The van der Waals surface area contributed by atoms with Crippen molar-refractivity contribution in [2.45, 2.75) is 26.4 Å². The Morgan fingerprint density at radius 1 is 1.38 bits per heavy atom. The van der Waals surface area contributed by atoms with Gasteiger partial charge in [0.2, 0.25) is 0 Å². The third-order valence-corrected chi connectivity index (χ3v) is 2.36. The lowest BCUT2D eigenvalue weighted by Gasteiger charge is -2.23. The molecule has 1 aromatic carbocycles. The molecule has 0 aliphatic carbocycles. The molecule has 1 rings (SSSR count). The van der Waals surface area contributed by atoms with Crippen LogP contribution in [0.3, 0.4) is 0 Å². The Hall–Kier alpha value is -0.860. The van der Waals surface area contributed by atoms with Crippen LogP contribution in [0.25, 0.3) is 0 Å². The summed E-state index contributed by atoms with van der Waals surface area (Å²) in [6.45, 7) is 6.02. The number of nitrogens with two attached hydrogens (primary N) is 1. The molecule has 0 aliphatic rings. The zero-order chi connectivity index (χ0) is 10.1. The Kier molecular flexibility index (Phi) is 2.74. The van der Waals surface area contributed by atoms with Gasteiger partial charge < -0.3 is 10.8 Å². The van der Waals surface area contributed by atoms with Crippen molar-refractivity contribution in [1.29, 1.82) is 0 Å². The maximum atomic E-state index is 9.94. The summed E-state index contributed by atoms with van der Waals surface area (Å²) in [4.78, 5) is 0. The van der Waals surface area contributed by atoms with Crippen molar-refractivity contribution in [3.63, 3.8) is 0 Å². The van der Waals surface area contributed by atoms with E-state index in [1.165, 1.54) is 5.56 Å².